The van der Waals surface area contributed by atoms with Gasteiger partial charge in [-0.05, 0) is 71.4 Å². The van der Waals surface area contributed by atoms with Crippen molar-refractivity contribution in [3.05, 3.63) is 170 Å². The van der Waals surface area contributed by atoms with E-state index in [0.717, 1.165) is 38.8 Å². The summed E-state index contributed by atoms with van der Waals surface area (Å²) >= 11 is 3.63. The highest BCUT2D eigenvalue weighted by molar-refractivity contribution is 7.26. The van der Waals surface area contributed by atoms with Crippen molar-refractivity contribution in [1.82, 2.24) is 19.5 Å². The fourth-order valence-corrected chi connectivity index (χ4v) is 10.5. The highest BCUT2D eigenvalue weighted by Crippen LogP contribution is 2.45. The van der Waals surface area contributed by atoms with Crippen molar-refractivity contribution in [2.45, 2.75) is 0 Å². The summed E-state index contributed by atoms with van der Waals surface area (Å²) in [7, 11) is 0. The molecule has 6 heteroatoms. The molecule has 4 aromatic heterocycles. The van der Waals surface area contributed by atoms with Crippen molar-refractivity contribution in [3.8, 4) is 39.9 Å². The largest absolute Gasteiger partial charge is 0.308 e. The van der Waals surface area contributed by atoms with E-state index in [1.54, 1.807) is 0 Å². The Morgan fingerprint density at radius 1 is 0.364 bits per heavy atom. The molecule has 4 heterocycles. The number of benzene rings is 8. The lowest BCUT2D eigenvalue weighted by Crippen LogP contribution is -2.04. The van der Waals surface area contributed by atoms with Crippen LogP contribution in [0.2, 0.25) is 0 Å². The van der Waals surface area contributed by atoms with Gasteiger partial charge in [-0.25, -0.2) is 15.0 Å². The molecule has 0 spiro atoms. The number of nitrogens with zero attached hydrogens (tertiary/aromatic N) is 4. The molecular formula is C49H28N4S2. The number of rotatable bonds is 4. The summed E-state index contributed by atoms with van der Waals surface area (Å²) in [6.45, 7) is 0. The Labute approximate surface area is 323 Å². The molecular weight excluding hydrogens is 709 g/mol. The van der Waals surface area contributed by atoms with Gasteiger partial charge in [-0.3, -0.25) is 0 Å². The van der Waals surface area contributed by atoms with E-state index in [9.17, 15) is 0 Å². The Hall–Kier alpha value is -6.73. The summed E-state index contributed by atoms with van der Waals surface area (Å²) in [5.41, 5.74) is 6.22. The molecule has 55 heavy (non-hydrogen) atoms. The molecule has 12 rings (SSSR count). The maximum absolute atomic E-state index is 5.46. The number of aromatic nitrogens is 4. The Morgan fingerprint density at radius 2 is 0.964 bits per heavy atom. The van der Waals surface area contributed by atoms with Crippen molar-refractivity contribution in [2.24, 2.45) is 0 Å². The lowest BCUT2D eigenvalue weighted by atomic mass is 10.0. The van der Waals surface area contributed by atoms with Crippen LogP contribution >= 0.6 is 22.7 Å². The molecule has 0 bridgehead atoms. The predicted molar refractivity (Wildman–Crippen MR) is 234 cm³/mol. The van der Waals surface area contributed by atoms with E-state index in [-0.39, 0.29) is 0 Å². The summed E-state index contributed by atoms with van der Waals surface area (Å²) in [5.74, 6) is 1.94. The molecule has 0 aliphatic heterocycles. The minimum absolute atomic E-state index is 0.645. The van der Waals surface area contributed by atoms with Crippen LogP contribution in [0.1, 0.15) is 0 Å². The molecule has 0 unspecified atom stereocenters. The first kappa shape index (κ1) is 30.7. The van der Waals surface area contributed by atoms with Gasteiger partial charge in [0.2, 0.25) is 0 Å². The van der Waals surface area contributed by atoms with Crippen LogP contribution in [0, 0.1) is 0 Å². The molecule has 0 saturated carbocycles. The van der Waals surface area contributed by atoms with Gasteiger partial charge in [-0.15, -0.1) is 22.7 Å². The summed E-state index contributed by atoms with van der Waals surface area (Å²) in [5, 5.41) is 9.66. The van der Waals surface area contributed by atoms with Gasteiger partial charge in [0.15, 0.2) is 17.5 Å². The fraction of sp³-hybridized carbons (Fsp3) is 0. The molecule has 8 aromatic carbocycles. The van der Waals surface area contributed by atoms with Gasteiger partial charge >= 0.3 is 0 Å². The maximum Gasteiger partial charge on any atom is 0.166 e. The molecule has 0 fully saturated rings. The first-order chi connectivity index (χ1) is 27.2. The maximum atomic E-state index is 5.46. The van der Waals surface area contributed by atoms with Crippen molar-refractivity contribution in [3.63, 3.8) is 0 Å². The van der Waals surface area contributed by atoms with Crippen LogP contribution in [0.3, 0.4) is 0 Å². The van der Waals surface area contributed by atoms with E-state index in [1.165, 1.54) is 56.5 Å². The van der Waals surface area contributed by atoms with Crippen LogP contribution in [-0.2, 0) is 0 Å². The highest BCUT2D eigenvalue weighted by atomic mass is 32.1. The number of thiophene rings is 2. The van der Waals surface area contributed by atoms with Gasteiger partial charge < -0.3 is 4.57 Å². The van der Waals surface area contributed by atoms with Crippen molar-refractivity contribution >= 4 is 95.6 Å². The van der Waals surface area contributed by atoms with Gasteiger partial charge in [0.05, 0.1) is 22.3 Å². The number of para-hydroxylation sites is 1. The zero-order valence-corrected chi connectivity index (χ0v) is 30.9. The second kappa shape index (κ2) is 11.9. The molecule has 0 aliphatic rings. The van der Waals surface area contributed by atoms with E-state index in [2.05, 4.69) is 156 Å². The third-order valence-electron chi connectivity index (χ3n) is 10.8. The Bertz CT molecular complexity index is 3500. The zero-order valence-electron chi connectivity index (χ0n) is 29.3. The van der Waals surface area contributed by atoms with E-state index in [4.69, 9.17) is 15.0 Å². The minimum atomic E-state index is 0.645. The lowest BCUT2D eigenvalue weighted by molar-refractivity contribution is 1.07. The van der Waals surface area contributed by atoms with E-state index in [0.29, 0.717) is 17.5 Å². The molecule has 256 valence electrons. The average Bonchev–Trinajstić information content (AvgIpc) is 3.92. The van der Waals surface area contributed by atoms with Crippen LogP contribution < -0.4 is 0 Å². The van der Waals surface area contributed by atoms with Gasteiger partial charge in [-0.2, -0.15) is 0 Å². The van der Waals surface area contributed by atoms with Crippen LogP contribution in [0.5, 0.6) is 0 Å². The van der Waals surface area contributed by atoms with Gasteiger partial charge in [0.25, 0.3) is 0 Å². The molecule has 4 nitrogen and oxygen atoms in total. The lowest BCUT2D eigenvalue weighted by Gasteiger charge is -2.16. The monoisotopic (exact) mass is 736 g/mol. The minimum Gasteiger partial charge on any atom is -0.308 e. The summed E-state index contributed by atoms with van der Waals surface area (Å²) in [4.78, 5) is 16.1. The van der Waals surface area contributed by atoms with E-state index >= 15 is 0 Å². The SMILES string of the molecule is c1ccc(-c2nc(-c3ccc4sc5ccccc5c4c3)nc(-c3c(-n4c5ccccc5c5cc6ccccc6cc54)ccc4sc5ccccc5c34)n2)cc1. The third-order valence-corrected chi connectivity index (χ3v) is 13.1. The van der Waals surface area contributed by atoms with Crippen molar-refractivity contribution in [1.29, 1.82) is 0 Å². The number of hydrogen-bond donors (Lipinski definition) is 0. The molecule has 12 aromatic rings. The number of fused-ring (bicyclic) bond motifs is 10. The standard InChI is InChI=1S/C49H28N4S2/c1-2-12-29(13-3-1)47-50-48(32-22-24-43-37(27-32)34-17-7-10-20-41(34)54-43)52-49(51-47)46-39(23-25-44-45(46)35-18-8-11-21-42(35)55-44)53-38-19-9-6-16-33(38)36-26-30-14-4-5-15-31(30)28-40(36)53/h1-28H. The zero-order chi connectivity index (χ0) is 36.0. The third kappa shape index (κ3) is 4.72. The smallest absolute Gasteiger partial charge is 0.166 e. The van der Waals surface area contributed by atoms with Crippen LogP contribution in [0.15, 0.2) is 170 Å². The Morgan fingerprint density at radius 3 is 1.80 bits per heavy atom. The molecule has 0 radical (unpaired) electrons. The van der Waals surface area contributed by atoms with Gasteiger partial charge in [0.1, 0.15) is 0 Å². The fourth-order valence-electron chi connectivity index (χ4n) is 8.33. The van der Waals surface area contributed by atoms with Crippen LogP contribution in [0.4, 0.5) is 0 Å². The number of hydrogen-bond acceptors (Lipinski definition) is 5. The molecule has 0 aliphatic carbocycles. The highest BCUT2D eigenvalue weighted by Gasteiger charge is 2.24. The first-order valence-corrected chi connectivity index (χ1v) is 20.0. The second-order valence-electron chi connectivity index (χ2n) is 14.0. The van der Waals surface area contributed by atoms with Crippen LogP contribution in [0.25, 0.3) is 113 Å². The summed E-state index contributed by atoms with van der Waals surface area (Å²) in [6.07, 6.45) is 0. The topological polar surface area (TPSA) is 43.6 Å². The molecule has 0 saturated heterocycles. The second-order valence-corrected chi connectivity index (χ2v) is 16.1. The Balaban J connectivity index is 1.22. The van der Waals surface area contributed by atoms with E-state index < -0.39 is 0 Å². The Kier molecular flexibility index (Phi) is 6.64. The molecule has 0 N–H and O–H groups in total. The normalized spacial score (nSPS) is 12.0. The van der Waals surface area contributed by atoms with Gasteiger partial charge in [-0.1, -0.05) is 109 Å². The predicted octanol–water partition coefficient (Wildman–Crippen LogP) is 13.9. The molecule has 0 atom stereocenters. The van der Waals surface area contributed by atoms with E-state index in [1.807, 2.05) is 40.9 Å². The molecule has 0 amide bonds. The van der Waals surface area contributed by atoms with Gasteiger partial charge in [0, 0.05) is 62.2 Å². The first-order valence-electron chi connectivity index (χ1n) is 18.4. The van der Waals surface area contributed by atoms with Crippen molar-refractivity contribution in [2.75, 3.05) is 0 Å². The summed E-state index contributed by atoms with van der Waals surface area (Å²) < 4.78 is 7.37. The van der Waals surface area contributed by atoms with Crippen LogP contribution in [-0.4, -0.2) is 19.5 Å². The van der Waals surface area contributed by atoms with Crippen molar-refractivity contribution < 1.29 is 0 Å². The average molecular weight is 737 g/mol. The summed E-state index contributed by atoms with van der Waals surface area (Å²) in [6, 6.07) is 60.8. The quantitative estimate of drug-likeness (QED) is 0.181.